The molecular formula is C29H38FNO3. The van der Waals surface area contributed by atoms with Crippen LogP contribution in [0.25, 0.3) is 11.1 Å². The first kappa shape index (κ1) is 24.7. The van der Waals surface area contributed by atoms with E-state index in [1.807, 2.05) is 30.3 Å². The zero-order chi connectivity index (χ0) is 24.3. The molecule has 4 nitrogen and oxygen atoms in total. The summed E-state index contributed by atoms with van der Waals surface area (Å²) in [4.78, 5) is 13.4. The zero-order valence-electron chi connectivity index (χ0n) is 20.7. The quantitative estimate of drug-likeness (QED) is 0.509. The van der Waals surface area contributed by atoms with Crippen molar-refractivity contribution in [3.8, 4) is 16.9 Å². The Bertz CT molecular complexity index is 974. The highest BCUT2D eigenvalue weighted by atomic mass is 19.1. The summed E-state index contributed by atoms with van der Waals surface area (Å²) in [6.45, 7) is 8.68. The van der Waals surface area contributed by atoms with E-state index in [0.717, 1.165) is 43.0 Å². The molecule has 0 bridgehead atoms. The van der Waals surface area contributed by atoms with E-state index >= 15 is 4.39 Å². The summed E-state index contributed by atoms with van der Waals surface area (Å²) in [6.07, 6.45) is 6.35. The molecule has 1 aliphatic carbocycles. The first-order valence-corrected chi connectivity index (χ1v) is 12.7. The van der Waals surface area contributed by atoms with Crippen LogP contribution in [-0.4, -0.2) is 35.2 Å². The summed E-state index contributed by atoms with van der Waals surface area (Å²) in [5, 5.41) is 9.33. The lowest BCUT2D eigenvalue weighted by atomic mass is 9.72. The number of carbonyl (C=O) groups is 1. The molecule has 5 heteroatoms. The van der Waals surface area contributed by atoms with Gasteiger partial charge in [-0.3, -0.25) is 9.69 Å². The molecule has 184 valence electrons. The van der Waals surface area contributed by atoms with Crippen molar-refractivity contribution < 1.29 is 19.0 Å². The Morgan fingerprint density at radius 2 is 1.76 bits per heavy atom. The minimum absolute atomic E-state index is 0.228. The average molecular weight is 468 g/mol. The first-order chi connectivity index (χ1) is 16.2. The maximum atomic E-state index is 15.4. The van der Waals surface area contributed by atoms with Gasteiger partial charge < -0.3 is 9.84 Å². The van der Waals surface area contributed by atoms with Crippen LogP contribution in [-0.2, 0) is 11.3 Å². The number of likely N-dealkylation sites (tertiary alicyclic amines) is 1. The highest BCUT2D eigenvalue weighted by molar-refractivity contribution is 5.70. The molecule has 2 fully saturated rings. The summed E-state index contributed by atoms with van der Waals surface area (Å²) >= 11 is 0. The van der Waals surface area contributed by atoms with Crippen LogP contribution in [0.5, 0.6) is 5.75 Å². The lowest BCUT2D eigenvalue weighted by Gasteiger charge is -2.36. The molecule has 1 saturated carbocycles. The Labute approximate surface area is 203 Å². The molecule has 1 aliphatic heterocycles. The third-order valence-corrected chi connectivity index (χ3v) is 7.69. The van der Waals surface area contributed by atoms with Gasteiger partial charge in [0, 0.05) is 24.2 Å². The van der Waals surface area contributed by atoms with Crippen LogP contribution in [0, 0.1) is 23.1 Å². The number of aliphatic carboxylic acids is 1. The average Bonchev–Trinajstić information content (AvgIpc) is 2.81. The third kappa shape index (κ3) is 5.99. The Morgan fingerprint density at radius 1 is 1.06 bits per heavy atom. The molecule has 1 atom stereocenters. The SMILES string of the molecule is CC(C)(C)[C@H]1CC[C@H](Oc2ccc(-c3cccc(CN4CCCC(C(=O)O)C4)c3F)cc2)CC1. The maximum absolute atomic E-state index is 15.4. The fraction of sp³-hybridized carbons (Fsp3) is 0.552. The fourth-order valence-electron chi connectivity index (χ4n) is 5.52. The molecule has 2 aromatic carbocycles. The van der Waals surface area contributed by atoms with E-state index in [-0.39, 0.29) is 17.8 Å². The Morgan fingerprint density at radius 3 is 2.41 bits per heavy atom. The van der Waals surface area contributed by atoms with Crippen LogP contribution in [0.15, 0.2) is 42.5 Å². The number of carboxylic acids is 1. The van der Waals surface area contributed by atoms with Crippen molar-refractivity contribution in [3.05, 3.63) is 53.8 Å². The topological polar surface area (TPSA) is 49.8 Å². The summed E-state index contributed by atoms with van der Waals surface area (Å²) in [6, 6.07) is 13.2. The Balaban J connectivity index is 1.39. The number of hydrogen-bond donors (Lipinski definition) is 1. The van der Waals surface area contributed by atoms with Crippen molar-refractivity contribution in [3.63, 3.8) is 0 Å². The van der Waals surface area contributed by atoms with E-state index in [1.54, 1.807) is 12.1 Å². The second-order valence-corrected chi connectivity index (χ2v) is 11.2. The largest absolute Gasteiger partial charge is 0.490 e. The van der Waals surface area contributed by atoms with E-state index in [0.29, 0.717) is 36.1 Å². The number of rotatable bonds is 6. The normalized spacial score (nSPS) is 24.1. The summed E-state index contributed by atoms with van der Waals surface area (Å²) < 4.78 is 21.6. The third-order valence-electron chi connectivity index (χ3n) is 7.69. The molecule has 0 amide bonds. The molecule has 2 aromatic rings. The first-order valence-electron chi connectivity index (χ1n) is 12.7. The Hall–Kier alpha value is -2.40. The second-order valence-electron chi connectivity index (χ2n) is 11.2. The van der Waals surface area contributed by atoms with Crippen LogP contribution >= 0.6 is 0 Å². The van der Waals surface area contributed by atoms with Gasteiger partial charge in [0.1, 0.15) is 11.6 Å². The van der Waals surface area contributed by atoms with Gasteiger partial charge in [0.15, 0.2) is 0 Å². The van der Waals surface area contributed by atoms with E-state index in [4.69, 9.17) is 4.74 Å². The molecule has 4 rings (SSSR count). The monoisotopic (exact) mass is 467 g/mol. The number of halogens is 1. The Kier molecular flexibility index (Phi) is 7.61. The van der Waals surface area contributed by atoms with Crippen molar-refractivity contribution in [1.29, 1.82) is 0 Å². The van der Waals surface area contributed by atoms with Crippen molar-refractivity contribution in [2.45, 2.75) is 71.9 Å². The fourth-order valence-corrected chi connectivity index (χ4v) is 5.52. The summed E-state index contributed by atoms with van der Waals surface area (Å²) in [7, 11) is 0. The number of hydrogen-bond acceptors (Lipinski definition) is 3. The van der Waals surface area contributed by atoms with Crippen molar-refractivity contribution in [2.24, 2.45) is 17.3 Å². The van der Waals surface area contributed by atoms with Crippen LogP contribution in [0.4, 0.5) is 4.39 Å². The van der Waals surface area contributed by atoms with Crippen molar-refractivity contribution >= 4 is 5.97 Å². The van der Waals surface area contributed by atoms with Gasteiger partial charge in [0.25, 0.3) is 0 Å². The van der Waals surface area contributed by atoms with Crippen LogP contribution in [0.1, 0.15) is 64.9 Å². The maximum Gasteiger partial charge on any atom is 0.307 e. The molecule has 0 aromatic heterocycles. The number of nitrogens with zero attached hydrogens (tertiary/aromatic N) is 1. The van der Waals surface area contributed by atoms with Crippen LogP contribution in [0.3, 0.4) is 0 Å². The smallest absolute Gasteiger partial charge is 0.307 e. The summed E-state index contributed by atoms with van der Waals surface area (Å²) in [5.74, 6) is 0.242. The second kappa shape index (κ2) is 10.5. The van der Waals surface area contributed by atoms with Gasteiger partial charge in [-0.15, -0.1) is 0 Å². The van der Waals surface area contributed by atoms with Crippen LogP contribution in [0.2, 0.25) is 0 Å². The van der Waals surface area contributed by atoms with E-state index in [9.17, 15) is 9.90 Å². The summed E-state index contributed by atoms with van der Waals surface area (Å²) in [5.41, 5.74) is 2.36. The number of ether oxygens (including phenoxy) is 1. The lowest BCUT2D eigenvalue weighted by molar-refractivity contribution is -0.143. The molecule has 1 unspecified atom stereocenters. The number of piperidine rings is 1. The van der Waals surface area contributed by atoms with Gasteiger partial charge in [0.2, 0.25) is 0 Å². The minimum atomic E-state index is -0.761. The van der Waals surface area contributed by atoms with Gasteiger partial charge in [-0.2, -0.15) is 0 Å². The van der Waals surface area contributed by atoms with Crippen molar-refractivity contribution in [1.82, 2.24) is 4.90 Å². The molecule has 0 spiro atoms. The van der Waals surface area contributed by atoms with Crippen molar-refractivity contribution in [2.75, 3.05) is 13.1 Å². The molecule has 1 heterocycles. The molecule has 1 saturated heterocycles. The van der Waals surface area contributed by atoms with Gasteiger partial charge in [-0.25, -0.2) is 4.39 Å². The van der Waals surface area contributed by atoms with Gasteiger partial charge in [-0.05, 0) is 74.1 Å². The van der Waals surface area contributed by atoms with E-state index in [1.165, 1.54) is 12.8 Å². The predicted octanol–water partition coefficient (Wildman–Crippen LogP) is 6.77. The molecule has 34 heavy (non-hydrogen) atoms. The van der Waals surface area contributed by atoms with Gasteiger partial charge in [-0.1, -0.05) is 51.1 Å². The molecule has 1 N–H and O–H groups in total. The highest BCUT2D eigenvalue weighted by Gasteiger charge is 2.30. The molecular weight excluding hydrogens is 429 g/mol. The number of carboxylic acid groups (broad SMARTS) is 1. The predicted molar refractivity (Wildman–Crippen MR) is 133 cm³/mol. The van der Waals surface area contributed by atoms with E-state index in [2.05, 4.69) is 25.7 Å². The van der Waals surface area contributed by atoms with Gasteiger partial charge >= 0.3 is 5.97 Å². The van der Waals surface area contributed by atoms with Gasteiger partial charge in [0.05, 0.1) is 12.0 Å². The van der Waals surface area contributed by atoms with E-state index < -0.39 is 5.97 Å². The lowest BCUT2D eigenvalue weighted by Crippen LogP contribution is -2.38. The molecule has 2 aliphatic rings. The molecule has 0 radical (unpaired) electrons. The number of benzene rings is 2. The zero-order valence-corrected chi connectivity index (χ0v) is 20.7. The van der Waals surface area contributed by atoms with Crippen LogP contribution < -0.4 is 4.74 Å². The standard InChI is InChI=1S/C29H38FNO3/c1-29(2,3)23-11-15-25(16-12-23)34-24-13-9-20(10-14-24)26-8-4-6-21(27(26)30)18-31-17-5-7-22(19-31)28(32)33/h4,6,8-10,13-14,22-23,25H,5,7,11-12,15-19H2,1-3H3,(H,32,33)/t22?,23-,25-. The highest BCUT2D eigenvalue weighted by Crippen LogP contribution is 2.39. The minimum Gasteiger partial charge on any atom is -0.490 e.